The summed E-state index contributed by atoms with van der Waals surface area (Å²) in [6, 6.07) is 1.56. The van der Waals surface area contributed by atoms with E-state index in [-0.39, 0.29) is 17.6 Å². The quantitative estimate of drug-likeness (QED) is 0.775. The maximum Gasteiger partial charge on any atom is 0.411 e. The van der Waals surface area contributed by atoms with Gasteiger partial charge in [-0.05, 0) is 12.5 Å². The number of alkyl halides is 3. The molecule has 1 aromatic heterocycles. The highest BCUT2D eigenvalue weighted by atomic mass is 35.5. The number of halogens is 4. The van der Waals surface area contributed by atoms with Crippen molar-refractivity contribution in [1.82, 2.24) is 9.97 Å². The summed E-state index contributed by atoms with van der Waals surface area (Å²) in [5.41, 5.74) is 0.672. The van der Waals surface area contributed by atoms with Crippen molar-refractivity contribution in [1.29, 1.82) is 0 Å². The Balaban J connectivity index is 2.57. The van der Waals surface area contributed by atoms with E-state index in [0.29, 0.717) is 12.1 Å². The molecule has 0 saturated carbocycles. The third kappa shape index (κ3) is 4.76. The molecule has 1 heterocycles. The van der Waals surface area contributed by atoms with E-state index < -0.39 is 12.8 Å². The van der Waals surface area contributed by atoms with Gasteiger partial charge in [-0.3, -0.25) is 0 Å². The van der Waals surface area contributed by atoms with Gasteiger partial charge in [0.1, 0.15) is 18.4 Å². The summed E-state index contributed by atoms with van der Waals surface area (Å²) in [5, 5.41) is 0.206. The Morgan fingerprint density at radius 2 is 2.06 bits per heavy atom. The molecule has 1 aromatic rings. The first-order valence-corrected chi connectivity index (χ1v) is 4.95. The van der Waals surface area contributed by atoms with Crippen LogP contribution in [0.1, 0.15) is 18.4 Å². The van der Waals surface area contributed by atoms with Crippen molar-refractivity contribution in [3.8, 4) is 0 Å². The second-order valence-electron chi connectivity index (χ2n) is 3.06. The van der Waals surface area contributed by atoms with Gasteiger partial charge >= 0.3 is 6.18 Å². The highest BCUT2D eigenvalue weighted by Gasteiger charge is 2.27. The van der Waals surface area contributed by atoms with Crippen LogP contribution in [0, 0.1) is 0 Å². The second kappa shape index (κ2) is 5.45. The zero-order chi connectivity index (χ0) is 12.2. The third-order valence-corrected chi connectivity index (χ3v) is 1.85. The Labute approximate surface area is 95.6 Å². The van der Waals surface area contributed by atoms with Gasteiger partial charge in [-0.25, -0.2) is 9.97 Å². The molecule has 0 bridgehead atoms. The second-order valence-corrected chi connectivity index (χ2v) is 3.45. The Hall–Kier alpha value is -0.880. The van der Waals surface area contributed by atoms with Gasteiger partial charge in [0, 0.05) is 5.69 Å². The molecule has 0 aliphatic heterocycles. The summed E-state index contributed by atoms with van der Waals surface area (Å²) in [7, 11) is 0. The van der Waals surface area contributed by atoms with E-state index in [2.05, 4.69) is 14.7 Å². The zero-order valence-electron chi connectivity index (χ0n) is 8.51. The van der Waals surface area contributed by atoms with Crippen molar-refractivity contribution in [2.24, 2.45) is 0 Å². The minimum absolute atomic E-state index is 0.161. The molecule has 7 heteroatoms. The molecular formula is C9H10ClF3N2O. The first-order valence-electron chi connectivity index (χ1n) is 4.57. The molecule has 0 aliphatic rings. The van der Waals surface area contributed by atoms with Gasteiger partial charge in [0.05, 0.1) is 0 Å². The molecule has 0 amide bonds. The van der Waals surface area contributed by atoms with Gasteiger partial charge in [0.15, 0.2) is 5.82 Å². The zero-order valence-corrected chi connectivity index (χ0v) is 9.27. The Morgan fingerprint density at radius 3 is 2.62 bits per heavy atom. The van der Waals surface area contributed by atoms with Gasteiger partial charge in [-0.1, -0.05) is 18.5 Å². The minimum atomic E-state index is -4.34. The van der Waals surface area contributed by atoms with Crippen LogP contribution in [0.4, 0.5) is 13.2 Å². The lowest BCUT2D eigenvalue weighted by atomic mass is 10.3. The topological polar surface area (TPSA) is 35.0 Å². The van der Waals surface area contributed by atoms with Crippen LogP contribution in [0.25, 0.3) is 0 Å². The number of nitrogens with zero attached hydrogens (tertiary/aromatic N) is 2. The molecular weight excluding hydrogens is 245 g/mol. The van der Waals surface area contributed by atoms with Gasteiger partial charge in [-0.2, -0.15) is 13.2 Å². The first-order chi connectivity index (χ1) is 7.40. The first kappa shape index (κ1) is 13.2. The maximum atomic E-state index is 11.8. The molecule has 0 atom stereocenters. The van der Waals surface area contributed by atoms with Crippen molar-refractivity contribution in [3.05, 3.63) is 22.7 Å². The van der Waals surface area contributed by atoms with Crippen LogP contribution >= 0.6 is 11.6 Å². The van der Waals surface area contributed by atoms with Gasteiger partial charge in [0.25, 0.3) is 0 Å². The van der Waals surface area contributed by atoms with Crippen LogP contribution in [0.2, 0.25) is 5.15 Å². The predicted molar refractivity (Wildman–Crippen MR) is 52.1 cm³/mol. The van der Waals surface area contributed by atoms with Crippen molar-refractivity contribution in [3.63, 3.8) is 0 Å². The smallest absolute Gasteiger partial charge is 0.364 e. The molecule has 0 N–H and O–H groups in total. The van der Waals surface area contributed by atoms with E-state index >= 15 is 0 Å². The summed E-state index contributed by atoms with van der Waals surface area (Å²) in [4.78, 5) is 7.75. The number of hydrogen-bond acceptors (Lipinski definition) is 3. The average Bonchev–Trinajstić information content (AvgIpc) is 2.14. The standard InChI is InChI=1S/C9H10ClF3N2O/c1-2-6-3-7(10)15-8(14-6)4-16-5-9(11,12)13/h3H,2,4-5H2,1H3. The lowest BCUT2D eigenvalue weighted by Crippen LogP contribution is -2.17. The lowest BCUT2D eigenvalue weighted by molar-refractivity contribution is -0.177. The highest BCUT2D eigenvalue weighted by molar-refractivity contribution is 6.29. The number of hydrogen-bond donors (Lipinski definition) is 0. The molecule has 16 heavy (non-hydrogen) atoms. The molecule has 3 nitrogen and oxygen atoms in total. The van der Waals surface area contributed by atoms with Crippen LogP contribution in [-0.2, 0) is 17.8 Å². The van der Waals surface area contributed by atoms with Gasteiger partial charge in [0.2, 0.25) is 0 Å². The molecule has 0 unspecified atom stereocenters. The largest absolute Gasteiger partial charge is 0.411 e. The predicted octanol–water partition coefficient (Wildman–Crippen LogP) is 2.77. The summed E-state index contributed by atoms with van der Waals surface area (Å²) >= 11 is 5.67. The third-order valence-electron chi connectivity index (χ3n) is 1.65. The van der Waals surface area contributed by atoms with Crippen molar-refractivity contribution in [2.75, 3.05) is 6.61 Å². The van der Waals surface area contributed by atoms with E-state index in [9.17, 15) is 13.2 Å². The highest BCUT2D eigenvalue weighted by Crippen LogP contribution is 2.15. The van der Waals surface area contributed by atoms with Crippen LogP contribution in [-0.4, -0.2) is 22.8 Å². The molecule has 0 aromatic carbocycles. The van der Waals surface area contributed by atoms with Crippen LogP contribution < -0.4 is 0 Å². The van der Waals surface area contributed by atoms with Crippen LogP contribution in [0.3, 0.4) is 0 Å². The molecule has 0 radical (unpaired) electrons. The Morgan fingerprint density at radius 1 is 1.38 bits per heavy atom. The monoisotopic (exact) mass is 254 g/mol. The number of aromatic nitrogens is 2. The van der Waals surface area contributed by atoms with E-state index in [1.807, 2.05) is 6.92 Å². The van der Waals surface area contributed by atoms with Crippen molar-refractivity contribution < 1.29 is 17.9 Å². The minimum Gasteiger partial charge on any atom is -0.364 e. The molecule has 0 aliphatic carbocycles. The van der Waals surface area contributed by atoms with Crippen LogP contribution in [0.15, 0.2) is 6.07 Å². The summed E-state index contributed by atoms with van der Waals surface area (Å²) in [6.07, 6.45) is -3.71. The van der Waals surface area contributed by atoms with Gasteiger partial charge in [-0.15, -0.1) is 0 Å². The fourth-order valence-corrected chi connectivity index (χ4v) is 1.24. The number of aryl methyl sites for hydroxylation is 1. The van der Waals surface area contributed by atoms with Crippen molar-refractivity contribution in [2.45, 2.75) is 26.1 Å². The fourth-order valence-electron chi connectivity index (χ4n) is 1.02. The SMILES string of the molecule is CCc1cc(Cl)nc(COCC(F)(F)F)n1. The fraction of sp³-hybridized carbons (Fsp3) is 0.556. The molecule has 0 spiro atoms. The Bertz CT molecular complexity index is 357. The van der Waals surface area contributed by atoms with Gasteiger partial charge < -0.3 is 4.74 Å². The summed E-state index contributed by atoms with van der Waals surface area (Å²) in [6.45, 7) is 0.246. The lowest BCUT2D eigenvalue weighted by Gasteiger charge is -2.07. The molecule has 1 rings (SSSR count). The molecule has 90 valence electrons. The van der Waals surface area contributed by atoms with E-state index in [0.717, 1.165) is 0 Å². The average molecular weight is 255 g/mol. The summed E-state index contributed by atoms with van der Waals surface area (Å²) < 4.78 is 39.8. The molecule has 0 fully saturated rings. The normalized spacial score (nSPS) is 11.8. The van der Waals surface area contributed by atoms with E-state index in [1.54, 1.807) is 6.07 Å². The number of ether oxygens (including phenoxy) is 1. The Kier molecular flexibility index (Phi) is 4.49. The summed E-state index contributed by atoms with van der Waals surface area (Å²) in [5.74, 6) is 0.161. The van der Waals surface area contributed by atoms with Crippen molar-refractivity contribution >= 4 is 11.6 Å². The van der Waals surface area contributed by atoms with E-state index in [4.69, 9.17) is 11.6 Å². The van der Waals surface area contributed by atoms with Crippen LogP contribution in [0.5, 0.6) is 0 Å². The molecule has 0 saturated heterocycles. The number of rotatable bonds is 4. The maximum absolute atomic E-state index is 11.8. The van der Waals surface area contributed by atoms with E-state index in [1.165, 1.54) is 0 Å².